The Morgan fingerprint density at radius 3 is 2.64 bits per heavy atom. The highest BCUT2D eigenvalue weighted by Gasteiger charge is 2.35. The first-order chi connectivity index (χ1) is 20.4. The molecule has 2 aromatic carbocycles. The Morgan fingerprint density at radius 1 is 1.10 bits per heavy atom. The summed E-state index contributed by atoms with van der Waals surface area (Å²) in [5.74, 6) is 1.93. The molecule has 42 heavy (non-hydrogen) atoms. The molecule has 2 N–H and O–H groups in total. The van der Waals surface area contributed by atoms with Crippen LogP contribution in [0.4, 0.5) is 11.6 Å². The summed E-state index contributed by atoms with van der Waals surface area (Å²) in [5.41, 5.74) is 3.68. The zero-order valence-electron chi connectivity index (χ0n) is 24.3. The van der Waals surface area contributed by atoms with Gasteiger partial charge in [-0.1, -0.05) is 36.9 Å². The molecule has 2 aliphatic rings. The lowest BCUT2D eigenvalue weighted by Crippen LogP contribution is -2.43. The Balaban J connectivity index is 1.48. The summed E-state index contributed by atoms with van der Waals surface area (Å²) in [6.07, 6.45) is 0. The fraction of sp³-hybridized carbons (Fsp3) is 0.400. The molecule has 1 fully saturated rings. The van der Waals surface area contributed by atoms with Gasteiger partial charge in [0.1, 0.15) is 6.04 Å². The van der Waals surface area contributed by atoms with Crippen LogP contribution in [0.15, 0.2) is 58.9 Å². The minimum Gasteiger partial charge on any atom is -0.490 e. The molecule has 0 spiro atoms. The van der Waals surface area contributed by atoms with Crippen molar-refractivity contribution in [1.82, 2.24) is 19.7 Å². The molecular weight excluding hydrogens is 556 g/mol. The van der Waals surface area contributed by atoms with Crippen LogP contribution in [0, 0.1) is 6.92 Å². The van der Waals surface area contributed by atoms with Crippen LogP contribution >= 0.6 is 11.8 Å². The van der Waals surface area contributed by atoms with Crippen molar-refractivity contribution < 1.29 is 23.8 Å². The lowest BCUT2D eigenvalue weighted by atomic mass is 9.94. The second kappa shape index (κ2) is 13.3. The summed E-state index contributed by atoms with van der Waals surface area (Å²) < 4.78 is 19.0. The Kier molecular flexibility index (Phi) is 9.33. The van der Waals surface area contributed by atoms with Crippen LogP contribution < -0.4 is 20.1 Å². The number of nitrogens with zero attached hydrogens (tertiary/aromatic N) is 4. The molecule has 2 aliphatic heterocycles. The van der Waals surface area contributed by atoms with Crippen molar-refractivity contribution in [2.45, 2.75) is 38.9 Å². The summed E-state index contributed by atoms with van der Waals surface area (Å²) in [5, 5.41) is 11.7. The van der Waals surface area contributed by atoms with E-state index in [1.807, 2.05) is 64.1 Å². The molecule has 11 nitrogen and oxygen atoms in total. The lowest BCUT2D eigenvalue weighted by Gasteiger charge is -2.29. The third kappa shape index (κ3) is 6.55. The minimum atomic E-state index is -0.590. The van der Waals surface area contributed by atoms with E-state index < -0.39 is 6.04 Å². The second-order valence-corrected chi connectivity index (χ2v) is 11.1. The van der Waals surface area contributed by atoms with Crippen LogP contribution in [0.3, 0.4) is 0 Å². The van der Waals surface area contributed by atoms with Crippen LogP contribution in [0.2, 0.25) is 0 Å². The van der Waals surface area contributed by atoms with E-state index in [9.17, 15) is 9.59 Å². The number of aryl methyl sites for hydroxylation is 1. The van der Waals surface area contributed by atoms with E-state index in [1.165, 1.54) is 11.8 Å². The number of amides is 2. The molecule has 1 atom stereocenters. The lowest BCUT2D eigenvalue weighted by molar-refractivity contribution is -0.137. The van der Waals surface area contributed by atoms with E-state index in [1.54, 1.807) is 15.6 Å². The average molecular weight is 593 g/mol. The molecule has 1 aromatic heterocycles. The molecule has 5 rings (SSSR count). The molecular formula is C30H36N6O5S. The van der Waals surface area contributed by atoms with Gasteiger partial charge in [0, 0.05) is 24.5 Å². The number of allylic oxidation sites excluding steroid dienone is 1. The van der Waals surface area contributed by atoms with Gasteiger partial charge in [-0.25, -0.2) is 4.68 Å². The second-order valence-electron chi connectivity index (χ2n) is 9.91. The first-order valence-electron chi connectivity index (χ1n) is 14.1. The van der Waals surface area contributed by atoms with Crippen molar-refractivity contribution >= 4 is 35.2 Å². The molecule has 12 heteroatoms. The summed E-state index contributed by atoms with van der Waals surface area (Å²) in [6, 6.07) is 12.6. The number of rotatable bonds is 10. The molecule has 0 bridgehead atoms. The summed E-state index contributed by atoms with van der Waals surface area (Å²) in [4.78, 5) is 32.9. The number of carbonyl (C=O) groups is 2. The smallest absolute Gasteiger partial charge is 0.260 e. The fourth-order valence-electron chi connectivity index (χ4n) is 4.97. The van der Waals surface area contributed by atoms with E-state index >= 15 is 0 Å². The van der Waals surface area contributed by atoms with Crippen molar-refractivity contribution in [3.63, 3.8) is 0 Å². The maximum absolute atomic E-state index is 13.8. The molecule has 3 aromatic rings. The van der Waals surface area contributed by atoms with E-state index in [4.69, 9.17) is 19.3 Å². The molecule has 0 saturated carbocycles. The highest BCUT2D eigenvalue weighted by atomic mass is 32.2. The number of aromatic nitrogens is 3. The van der Waals surface area contributed by atoms with Gasteiger partial charge in [0.15, 0.2) is 18.1 Å². The maximum Gasteiger partial charge on any atom is 0.260 e. The predicted molar refractivity (Wildman–Crippen MR) is 161 cm³/mol. The van der Waals surface area contributed by atoms with E-state index in [0.717, 1.165) is 16.9 Å². The largest absolute Gasteiger partial charge is 0.490 e. The molecule has 1 unspecified atom stereocenters. The topological polar surface area (TPSA) is 120 Å². The molecule has 222 valence electrons. The monoisotopic (exact) mass is 592 g/mol. The number of nitrogens with one attached hydrogen (secondary N) is 2. The van der Waals surface area contributed by atoms with Crippen molar-refractivity contribution in [3.05, 3.63) is 64.9 Å². The number of carbonyl (C=O) groups excluding carboxylic acids is 2. The molecule has 0 aliphatic carbocycles. The molecule has 0 radical (unpaired) electrons. The van der Waals surface area contributed by atoms with Gasteiger partial charge >= 0.3 is 0 Å². The number of ether oxygens (including phenoxy) is 3. The SMILES string of the molecule is CCOc1cc(C2C(C(=O)Nc3cccc(C)c3)=C(C)Nc3nc(SCC)nn32)ccc1OCC(=O)N1CCOCC1. The van der Waals surface area contributed by atoms with E-state index in [2.05, 4.69) is 15.6 Å². The van der Waals surface area contributed by atoms with Crippen LogP contribution in [-0.4, -0.2) is 76.7 Å². The zero-order chi connectivity index (χ0) is 29.6. The Hall–Kier alpha value is -4.03. The van der Waals surface area contributed by atoms with Crippen molar-refractivity contribution in [2.24, 2.45) is 0 Å². The van der Waals surface area contributed by atoms with Gasteiger partial charge < -0.3 is 29.7 Å². The number of fused-ring (bicyclic) bond motifs is 1. The van der Waals surface area contributed by atoms with Gasteiger partial charge in [-0.15, -0.1) is 5.10 Å². The van der Waals surface area contributed by atoms with E-state index in [-0.39, 0.29) is 18.4 Å². The minimum absolute atomic E-state index is 0.106. The van der Waals surface area contributed by atoms with Gasteiger partial charge in [0.2, 0.25) is 11.1 Å². The Morgan fingerprint density at radius 2 is 1.90 bits per heavy atom. The van der Waals surface area contributed by atoms with Gasteiger partial charge in [-0.05, 0) is 61.9 Å². The number of thioether (sulfide) groups is 1. The molecule has 2 amide bonds. The summed E-state index contributed by atoms with van der Waals surface area (Å²) >= 11 is 1.53. The quantitative estimate of drug-likeness (QED) is 0.333. The van der Waals surface area contributed by atoms with E-state index in [0.29, 0.717) is 72.5 Å². The summed E-state index contributed by atoms with van der Waals surface area (Å²) in [6.45, 7) is 10.2. The van der Waals surface area contributed by atoms with Crippen LogP contribution in [0.5, 0.6) is 11.5 Å². The Labute approximate surface area is 249 Å². The highest BCUT2D eigenvalue weighted by molar-refractivity contribution is 7.99. The number of hydrogen-bond acceptors (Lipinski definition) is 9. The first-order valence-corrected chi connectivity index (χ1v) is 15.1. The van der Waals surface area contributed by atoms with Gasteiger partial charge in [-0.3, -0.25) is 9.59 Å². The molecule has 1 saturated heterocycles. The fourth-order valence-corrected chi connectivity index (χ4v) is 5.53. The van der Waals surface area contributed by atoms with Gasteiger partial charge in [0.25, 0.3) is 11.8 Å². The van der Waals surface area contributed by atoms with Crippen molar-refractivity contribution in [3.8, 4) is 11.5 Å². The van der Waals surface area contributed by atoms with Crippen LogP contribution in [0.1, 0.15) is 37.9 Å². The van der Waals surface area contributed by atoms with Crippen LogP contribution in [0.25, 0.3) is 0 Å². The maximum atomic E-state index is 13.8. The highest BCUT2D eigenvalue weighted by Crippen LogP contribution is 2.40. The van der Waals surface area contributed by atoms with Crippen molar-refractivity contribution in [1.29, 1.82) is 0 Å². The first kappa shape index (κ1) is 29.5. The van der Waals surface area contributed by atoms with Gasteiger partial charge in [0.05, 0.1) is 25.4 Å². The zero-order valence-corrected chi connectivity index (χ0v) is 25.1. The standard InChI is InChI=1S/C30H36N6O5S/c1-5-40-24-17-21(10-11-23(24)41-18-25(37)35-12-14-39-15-13-35)27-26(28(38)32-22-9-7-8-19(3)16-22)20(4)31-29-33-30(42-6-2)34-36(27)29/h7-11,16-17,27H,5-6,12-15,18H2,1-4H3,(H,32,38)(H,31,33,34). The normalized spacial score (nSPS) is 16.5. The summed E-state index contributed by atoms with van der Waals surface area (Å²) in [7, 11) is 0. The number of morpholine rings is 1. The third-order valence-corrected chi connectivity index (χ3v) is 7.65. The predicted octanol–water partition coefficient (Wildman–Crippen LogP) is 4.26. The average Bonchev–Trinajstić information content (AvgIpc) is 3.38. The number of anilines is 2. The number of hydrogen-bond donors (Lipinski definition) is 2. The van der Waals surface area contributed by atoms with Crippen molar-refractivity contribution in [2.75, 3.05) is 55.9 Å². The van der Waals surface area contributed by atoms with Crippen LogP contribution in [-0.2, 0) is 14.3 Å². The third-order valence-electron chi connectivity index (χ3n) is 6.93. The molecule has 3 heterocycles. The van der Waals surface area contributed by atoms with Gasteiger partial charge in [-0.2, -0.15) is 4.98 Å². The Bertz CT molecular complexity index is 1480. The number of benzene rings is 2.